The molecule has 1 aliphatic rings. The molecule has 0 saturated heterocycles. The summed E-state index contributed by atoms with van der Waals surface area (Å²) >= 11 is 0. The van der Waals surface area contributed by atoms with Gasteiger partial charge in [0.15, 0.2) is 0 Å². The molecule has 1 atom stereocenters. The second-order valence-electron chi connectivity index (χ2n) is 6.28. The summed E-state index contributed by atoms with van der Waals surface area (Å²) in [6.07, 6.45) is 7.87. The van der Waals surface area contributed by atoms with Gasteiger partial charge in [0, 0.05) is 11.3 Å². The molecule has 4 rings (SSSR count). The molecule has 2 heteroatoms. The Bertz CT molecular complexity index is 914. The van der Waals surface area contributed by atoms with Gasteiger partial charge >= 0.3 is 0 Å². The van der Waals surface area contributed by atoms with Crippen molar-refractivity contribution in [3.63, 3.8) is 0 Å². The van der Waals surface area contributed by atoms with E-state index >= 15 is 0 Å². The second kappa shape index (κ2) is 5.54. The Morgan fingerprint density at radius 1 is 1.04 bits per heavy atom. The summed E-state index contributed by atoms with van der Waals surface area (Å²) in [6.45, 7) is 4.40. The Morgan fingerprint density at radius 2 is 1.87 bits per heavy atom. The molecular weight excluding hydrogens is 280 g/mol. The van der Waals surface area contributed by atoms with Crippen LogP contribution in [0.1, 0.15) is 24.7 Å². The lowest BCUT2D eigenvalue weighted by atomic mass is 9.98. The number of hydrogen-bond acceptors (Lipinski definition) is 1. The van der Waals surface area contributed by atoms with Crippen LogP contribution in [0.3, 0.4) is 0 Å². The molecule has 0 amide bonds. The molecule has 1 aromatic heterocycles. The van der Waals surface area contributed by atoms with Crippen molar-refractivity contribution >= 4 is 16.6 Å². The van der Waals surface area contributed by atoms with E-state index in [0.717, 1.165) is 23.4 Å². The van der Waals surface area contributed by atoms with Crippen LogP contribution in [0.2, 0.25) is 0 Å². The standard InChI is InChI=1S/C21H20N2/c1-15-11-13-17(14-12-15)21-22-19-10-6-7-16(2)20(19)23(21)18-8-4-3-5-9-18/h3-11,13-15H,12H2,1-2H3. The summed E-state index contributed by atoms with van der Waals surface area (Å²) in [6, 6.07) is 16.8. The van der Waals surface area contributed by atoms with Crippen molar-refractivity contribution in [2.24, 2.45) is 5.92 Å². The topological polar surface area (TPSA) is 17.8 Å². The number of hydrogen-bond donors (Lipinski definition) is 0. The Morgan fingerprint density at radius 3 is 2.61 bits per heavy atom. The summed E-state index contributed by atoms with van der Waals surface area (Å²) in [7, 11) is 0. The quantitative estimate of drug-likeness (QED) is 0.627. The number of rotatable bonds is 2. The van der Waals surface area contributed by atoms with Crippen LogP contribution in [0.5, 0.6) is 0 Å². The first-order valence-electron chi connectivity index (χ1n) is 8.16. The Kier molecular flexibility index (Phi) is 3.38. The largest absolute Gasteiger partial charge is 0.292 e. The van der Waals surface area contributed by atoms with Gasteiger partial charge in [-0.1, -0.05) is 55.5 Å². The Balaban J connectivity index is 2.01. The monoisotopic (exact) mass is 300 g/mol. The van der Waals surface area contributed by atoms with E-state index in [1.54, 1.807) is 0 Å². The van der Waals surface area contributed by atoms with Crippen LogP contribution < -0.4 is 0 Å². The van der Waals surface area contributed by atoms with E-state index in [1.165, 1.54) is 16.7 Å². The normalized spacial score (nSPS) is 17.5. The SMILES string of the molecule is Cc1cccc2nc(C3=CCC(C)C=C3)n(-c3ccccc3)c12. The van der Waals surface area contributed by atoms with Crippen LogP contribution in [0.4, 0.5) is 0 Å². The van der Waals surface area contributed by atoms with E-state index in [9.17, 15) is 0 Å². The van der Waals surface area contributed by atoms with Crippen molar-refractivity contribution in [1.82, 2.24) is 9.55 Å². The maximum absolute atomic E-state index is 4.94. The van der Waals surface area contributed by atoms with Crippen molar-refractivity contribution in [1.29, 1.82) is 0 Å². The molecule has 2 aromatic carbocycles. The first-order valence-corrected chi connectivity index (χ1v) is 8.16. The number of nitrogens with zero attached hydrogens (tertiary/aromatic N) is 2. The highest BCUT2D eigenvalue weighted by Crippen LogP contribution is 2.31. The van der Waals surface area contributed by atoms with E-state index < -0.39 is 0 Å². The van der Waals surface area contributed by atoms with Crippen molar-refractivity contribution in [3.8, 4) is 5.69 Å². The highest BCUT2D eigenvalue weighted by molar-refractivity contribution is 5.86. The smallest absolute Gasteiger partial charge is 0.145 e. The van der Waals surface area contributed by atoms with Gasteiger partial charge < -0.3 is 0 Å². The second-order valence-corrected chi connectivity index (χ2v) is 6.28. The summed E-state index contributed by atoms with van der Waals surface area (Å²) in [5.41, 5.74) is 5.87. The fourth-order valence-corrected chi connectivity index (χ4v) is 3.21. The third kappa shape index (κ3) is 2.40. The molecule has 0 radical (unpaired) electrons. The molecular formula is C21H20N2. The number of aryl methyl sites for hydroxylation is 1. The van der Waals surface area contributed by atoms with Gasteiger partial charge in [0.25, 0.3) is 0 Å². The maximum atomic E-state index is 4.94. The van der Waals surface area contributed by atoms with Crippen LogP contribution in [-0.4, -0.2) is 9.55 Å². The van der Waals surface area contributed by atoms with Gasteiger partial charge in [0.2, 0.25) is 0 Å². The molecule has 0 saturated carbocycles. The Hall–Kier alpha value is -2.61. The number of para-hydroxylation sites is 2. The zero-order chi connectivity index (χ0) is 15.8. The number of allylic oxidation sites excluding steroid dienone is 4. The van der Waals surface area contributed by atoms with Gasteiger partial charge in [-0.2, -0.15) is 0 Å². The van der Waals surface area contributed by atoms with Crippen molar-refractivity contribution in [2.45, 2.75) is 20.3 Å². The van der Waals surface area contributed by atoms with E-state index in [0.29, 0.717) is 5.92 Å². The highest BCUT2D eigenvalue weighted by atomic mass is 15.1. The van der Waals surface area contributed by atoms with Crippen molar-refractivity contribution in [3.05, 3.63) is 78.1 Å². The summed E-state index contributed by atoms with van der Waals surface area (Å²) in [5.74, 6) is 1.64. The zero-order valence-corrected chi connectivity index (χ0v) is 13.5. The van der Waals surface area contributed by atoms with Gasteiger partial charge in [-0.05, 0) is 43.0 Å². The minimum absolute atomic E-state index is 0.607. The lowest BCUT2D eigenvalue weighted by molar-refractivity contribution is 0.738. The first kappa shape index (κ1) is 14.0. The summed E-state index contributed by atoms with van der Waals surface area (Å²) in [5, 5.41) is 0. The van der Waals surface area contributed by atoms with Crippen molar-refractivity contribution < 1.29 is 0 Å². The van der Waals surface area contributed by atoms with Crippen LogP contribution in [0.25, 0.3) is 22.3 Å². The molecule has 1 heterocycles. The Labute approximate surface area is 136 Å². The lowest BCUT2D eigenvalue weighted by Crippen LogP contribution is -2.03. The van der Waals surface area contributed by atoms with Gasteiger partial charge in [0.05, 0.1) is 11.0 Å². The zero-order valence-electron chi connectivity index (χ0n) is 13.5. The molecule has 0 aliphatic heterocycles. The molecule has 1 unspecified atom stereocenters. The highest BCUT2D eigenvalue weighted by Gasteiger charge is 2.17. The van der Waals surface area contributed by atoms with Gasteiger partial charge in [-0.25, -0.2) is 4.98 Å². The van der Waals surface area contributed by atoms with Gasteiger partial charge in [-0.3, -0.25) is 4.57 Å². The number of aromatic nitrogens is 2. The third-order valence-electron chi connectivity index (χ3n) is 4.46. The molecule has 0 fully saturated rings. The van der Waals surface area contributed by atoms with Gasteiger partial charge in [-0.15, -0.1) is 0 Å². The molecule has 0 N–H and O–H groups in total. The molecule has 1 aliphatic carbocycles. The lowest BCUT2D eigenvalue weighted by Gasteiger charge is -2.14. The van der Waals surface area contributed by atoms with E-state index in [4.69, 9.17) is 4.98 Å². The van der Waals surface area contributed by atoms with E-state index in [1.807, 2.05) is 0 Å². The summed E-state index contributed by atoms with van der Waals surface area (Å²) in [4.78, 5) is 4.94. The average Bonchev–Trinajstić information content (AvgIpc) is 2.97. The number of imidazole rings is 1. The first-order chi connectivity index (χ1) is 11.2. The van der Waals surface area contributed by atoms with Crippen LogP contribution in [0, 0.1) is 12.8 Å². The molecule has 3 aromatic rings. The predicted molar refractivity (Wildman–Crippen MR) is 96.7 cm³/mol. The van der Waals surface area contributed by atoms with Crippen LogP contribution in [-0.2, 0) is 0 Å². The average molecular weight is 300 g/mol. The summed E-state index contributed by atoms with van der Waals surface area (Å²) < 4.78 is 2.29. The van der Waals surface area contributed by atoms with Crippen molar-refractivity contribution in [2.75, 3.05) is 0 Å². The third-order valence-corrected chi connectivity index (χ3v) is 4.46. The molecule has 0 bridgehead atoms. The minimum atomic E-state index is 0.607. The minimum Gasteiger partial charge on any atom is -0.292 e. The molecule has 23 heavy (non-hydrogen) atoms. The van der Waals surface area contributed by atoms with E-state index in [2.05, 4.69) is 85.2 Å². The molecule has 2 nitrogen and oxygen atoms in total. The van der Waals surface area contributed by atoms with Crippen LogP contribution in [0.15, 0.2) is 66.8 Å². The fourth-order valence-electron chi connectivity index (χ4n) is 3.21. The number of fused-ring (bicyclic) bond motifs is 1. The molecule has 114 valence electrons. The van der Waals surface area contributed by atoms with Crippen LogP contribution >= 0.6 is 0 Å². The van der Waals surface area contributed by atoms with E-state index in [-0.39, 0.29) is 0 Å². The number of benzene rings is 2. The fraction of sp³-hybridized carbons (Fsp3) is 0.190. The predicted octanol–water partition coefficient (Wildman–Crippen LogP) is 5.31. The maximum Gasteiger partial charge on any atom is 0.145 e. The molecule has 0 spiro atoms. The van der Waals surface area contributed by atoms with Gasteiger partial charge in [0.1, 0.15) is 5.82 Å².